The van der Waals surface area contributed by atoms with Crippen LogP contribution in [-0.4, -0.2) is 62.2 Å². The van der Waals surface area contributed by atoms with E-state index < -0.39 is 0 Å². The highest BCUT2D eigenvalue weighted by molar-refractivity contribution is 4.83. The number of nitrogens with zero attached hydrogens (tertiary/aromatic N) is 2. The van der Waals surface area contributed by atoms with Crippen molar-refractivity contribution in [1.29, 1.82) is 0 Å². The maximum Gasteiger partial charge on any atom is 0.0195 e. The minimum atomic E-state index is 0.704. The maximum absolute atomic E-state index is 3.65. The van der Waals surface area contributed by atoms with Crippen molar-refractivity contribution < 1.29 is 0 Å². The summed E-state index contributed by atoms with van der Waals surface area (Å²) in [4.78, 5) is 4.93. The summed E-state index contributed by atoms with van der Waals surface area (Å²) < 4.78 is 0. The van der Waals surface area contributed by atoms with Crippen LogP contribution in [0.5, 0.6) is 0 Å². The van der Waals surface area contributed by atoms with E-state index in [1.165, 1.54) is 38.9 Å². The second kappa shape index (κ2) is 7.25. The van der Waals surface area contributed by atoms with E-state index in [2.05, 4.69) is 43.1 Å². The molecule has 1 rings (SSSR count). The monoisotopic (exact) mass is 227 g/mol. The lowest BCUT2D eigenvalue weighted by atomic mass is 10.1. The first-order chi connectivity index (χ1) is 7.63. The molecule has 0 aromatic heterocycles. The van der Waals surface area contributed by atoms with E-state index in [1.54, 1.807) is 0 Å². The molecule has 2 unspecified atom stereocenters. The molecule has 3 nitrogen and oxygen atoms in total. The highest BCUT2D eigenvalue weighted by atomic mass is 15.2. The lowest BCUT2D eigenvalue weighted by molar-refractivity contribution is 0.132. The number of nitrogens with one attached hydrogen (secondary N) is 1. The van der Waals surface area contributed by atoms with Gasteiger partial charge in [-0.25, -0.2) is 0 Å². The van der Waals surface area contributed by atoms with Gasteiger partial charge in [-0.15, -0.1) is 0 Å². The fourth-order valence-corrected chi connectivity index (χ4v) is 2.44. The molecule has 0 aromatic carbocycles. The number of hydrogen-bond donors (Lipinski definition) is 1. The minimum absolute atomic E-state index is 0.704. The Hall–Kier alpha value is -0.120. The molecule has 1 fully saturated rings. The SMILES string of the molecule is CCCC1CN(CCCN(C)C)C(C)CN1. The van der Waals surface area contributed by atoms with E-state index in [9.17, 15) is 0 Å². The molecular formula is C13H29N3. The summed E-state index contributed by atoms with van der Waals surface area (Å²) in [5.74, 6) is 0. The first-order valence-corrected chi connectivity index (χ1v) is 6.75. The van der Waals surface area contributed by atoms with Gasteiger partial charge in [0.25, 0.3) is 0 Å². The number of piperazine rings is 1. The normalized spacial score (nSPS) is 27.6. The zero-order valence-electron chi connectivity index (χ0n) is 11.5. The highest BCUT2D eigenvalue weighted by Gasteiger charge is 2.23. The summed E-state index contributed by atoms with van der Waals surface area (Å²) >= 11 is 0. The van der Waals surface area contributed by atoms with E-state index in [-0.39, 0.29) is 0 Å². The Kier molecular flexibility index (Phi) is 6.32. The van der Waals surface area contributed by atoms with Crippen LogP contribution in [0.15, 0.2) is 0 Å². The summed E-state index contributed by atoms with van der Waals surface area (Å²) in [5.41, 5.74) is 0. The van der Waals surface area contributed by atoms with Crippen molar-refractivity contribution >= 4 is 0 Å². The summed E-state index contributed by atoms with van der Waals surface area (Å²) in [6, 6.07) is 1.43. The van der Waals surface area contributed by atoms with Crippen LogP contribution in [0.25, 0.3) is 0 Å². The first kappa shape index (κ1) is 13.9. The Morgan fingerprint density at radius 1 is 1.38 bits per heavy atom. The Bertz CT molecular complexity index is 182. The van der Waals surface area contributed by atoms with Gasteiger partial charge in [-0.2, -0.15) is 0 Å². The number of rotatable bonds is 6. The molecule has 0 saturated carbocycles. The summed E-state index contributed by atoms with van der Waals surface area (Å²) in [7, 11) is 4.31. The zero-order chi connectivity index (χ0) is 12.0. The molecule has 0 aliphatic carbocycles. The van der Waals surface area contributed by atoms with Gasteiger partial charge >= 0.3 is 0 Å². The van der Waals surface area contributed by atoms with E-state index in [0.29, 0.717) is 6.04 Å². The fraction of sp³-hybridized carbons (Fsp3) is 1.00. The lowest BCUT2D eigenvalue weighted by Gasteiger charge is -2.39. The van der Waals surface area contributed by atoms with Gasteiger partial charge in [0.15, 0.2) is 0 Å². The van der Waals surface area contributed by atoms with Crippen molar-refractivity contribution in [3.8, 4) is 0 Å². The van der Waals surface area contributed by atoms with Gasteiger partial charge in [-0.05, 0) is 47.0 Å². The fourth-order valence-electron chi connectivity index (χ4n) is 2.44. The van der Waals surface area contributed by atoms with Gasteiger partial charge in [0, 0.05) is 25.2 Å². The van der Waals surface area contributed by atoms with Crippen LogP contribution in [0.2, 0.25) is 0 Å². The molecule has 0 bridgehead atoms. The molecule has 1 heterocycles. The van der Waals surface area contributed by atoms with E-state index in [1.807, 2.05) is 0 Å². The Morgan fingerprint density at radius 3 is 2.75 bits per heavy atom. The highest BCUT2D eigenvalue weighted by Crippen LogP contribution is 2.10. The molecule has 2 atom stereocenters. The first-order valence-electron chi connectivity index (χ1n) is 6.75. The predicted molar refractivity (Wildman–Crippen MR) is 70.9 cm³/mol. The smallest absolute Gasteiger partial charge is 0.0195 e. The van der Waals surface area contributed by atoms with Gasteiger partial charge in [-0.1, -0.05) is 13.3 Å². The maximum atomic E-state index is 3.65. The van der Waals surface area contributed by atoms with Crippen molar-refractivity contribution in [2.45, 2.75) is 45.2 Å². The van der Waals surface area contributed by atoms with Crippen molar-refractivity contribution in [2.75, 3.05) is 40.3 Å². The van der Waals surface area contributed by atoms with Gasteiger partial charge in [0.2, 0.25) is 0 Å². The average Bonchev–Trinajstić information content (AvgIpc) is 2.22. The molecule has 1 aliphatic heterocycles. The zero-order valence-corrected chi connectivity index (χ0v) is 11.5. The van der Waals surface area contributed by atoms with E-state index >= 15 is 0 Å². The van der Waals surface area contributed by atoms with Gasteiger partial charge < -0.3 is 10.2 Å². The summed E-state index contributed by atoms with van der Waals surface area (Å²) in [6.07, 6.45) is 3.89. The van der Waals surface area contributed by atoms with E-state index in [0.717, 1.165) is 12.6 Å². The van der Waals surface area contributed by atoms with E-state index in [4.69, 9.17) is 0 Å². The predicted octanol–water partition coefficient (Wildman–Crippen LogP) is 1.40. The standard InChI is InChI=1S/C13H29N3/c1-5-7-13-11-16(12(2)10-14-13)9-6-8-15(3)4/h12-14H,5-11H2,1-4H3. The average molecular weight is 227 g/mol. The lowest BCUT2D eigenvalue weighted by Crippen LogP contribution is -2.55. The van der Waals surface area contributed by atoms with Crippen molar-refractivity contribution in [3.63, 3.8) is 0 Å². The summed E-state index contributed by atoms with van der Waals surface area (Å²) in [5, 5.41) is 3.65. The van der Waals surface area contributed by atoms with Crippen LogP contribution >= 0.6 is 0 Å². The van der Waals surface area contributed by atoms with Crippen molar-refractivity contribution in [2.24, 2.45) is 0 Å². The third-order valence-corrected chi connectivity index (χ3v) is 3.47. The van der Waals surface area contributed by atoms with Gasteiger partial charge in [0.05, 0.1) is 0 Å². The third kappa shape index (κ3) is 4.81. The van der Waals surface area contributed by atoms with Crippen LogP contribution in [-0.2, 0) is 0 Å². The third-order valence-electron chi connectivity index (χ3n) is 3.47. The molecule has 96 valence electrons. The topological polar surface area (TPSA) is 18.5 Å². The molecule has 0 amide bonds. The molecule has 0 radical (unpaired) electrons. The van der Waals surface area contributed by atoms with Crippen LogP contribution in [0.3, 0.4) is 0 Å². The quantitative estimate of drug-likeness (QED) is 0.740. The van der Waals surface area contributed by atoms with Gasteiger partial charge in [-0.3, -0.25) is 4.90 Å². The molecule has 0 spiro atoms. The minimum Gasteiger partial charge on any atom is -0.311 e. The second-order valence-corrected chi connectivity index (χ2v) is 5.39. The largest absolute Gasteiger partial charge is 0.311 e. The number of hydrogen-bond acceptors (Lipinski definition) is 3. The Balaban J connectivity index is 2.26. The van der Waals surface area contributed by atoms with Crippen molar-refractivity contribution in [3.05, 3.63) is 0 Å². The molecule has 1 saturated heterocycles. The Labute approximate surface area is 101 Å². The van der Waals surface area contributed by atoms with Gasteiger partial charge in [0.1, 0.15) is 0 Å². The second-order valence-electron chi connectivity index (χ2n) is 5.39. The van der Waals surface area contributed by atoms with Crippen LogP contribution < -0.4 is 5.32 Å². The molecule has 0 aromatic rings. The van der Waals surface area contributed by atoms with Crippen LogP contribution in [0.1, 0.15) is 33.1 Å². The molecule has 3 heteroatoms. The molecular weight excluding hydrogens is 198 g/mol. The van der Waals surface area contributed by atoms with Crippen LogP contribution in [0, 0.1) is 0 Å². The molecule has 1 N–H and O–H groups in total. The summed E-state index contributed by atoms with van der Waals surface area (Å²) in [6.45, 7) is 9.46. The van der Waals surface area contributed by atoms with Crippen molar-refractivity contribution in [1.82, 2.24) is 15.1 Å². The molecule has 1 aliphatic rings. The molecule has 16 heavy (non-hydrogen) atoms. The Morgan fingerprint density at radius 2 is 2.12 bits per heavy atom. The van der Waals surface area contributed by atoms with Crippen LogP contribution in [0.4, 0.5) is 0 Å².